The van der Waals surface area contributed by atoms with Gasteiger partial charge < -0.3 is 4.74 Å². The summed E-state index contributed by atoms with van der Waals surface area (Å²) in [6.07, 6.45) is 1.04. The van der Waals surface area contributed by atoms with Crippen molar-refractivity contribution in [2.24, 2.45) is 10.2 Å². The van der Waals surface area contributed by atoms with Crippen molar-refractivity contribution in [3.8, 4) is 6.01 Å². The van der Waals surface area contributed by atoms with Gasteiger partial charge in [0.2, 0.25) is 5.82 Å². The summed E-state index contributed by atoms with van der Waals surface area (Å²) in [6.45, 7) is 6.18. The molecule has 0 amide bonds. The molecule has 0 N–H and O–H groups in total. The van der Waals surface area contributed by atoms with Crippen LogP contribution < -0.4 is 4.74 Å². The van der Waals surface area contributed by atoms with Gasteiger partial charge in [0, 0.05) is 0 Å². The van der Waals surface area contributed by atoms with Crippen molar-refractivity contribution < 1.29 is 9.13 Å². The number of ether oxygens (including phenoxy) is 1. The molecule has 0 aliphatic rings. The Balaban J connectivity index is 1.75. The zero-order valence-corrected chi connectivity index (χ0v) is 14.9. The SMILES string of the molecule is Cc1ccc(COc2ncc(F)c(/N=N/c3cc(C)ccc3C)n2)cc1. The maximum absolute atomic E-state index is 13.9. The van der Waals surface area contributed by atoms with Gasteiger partial charge in [-0.2, -0.15) is 4.98 Å². The first kappa shape index (κ1) is 17.7. The maximum Gasteiger partial charge on any atom is 0.318 e. The monoisotopic (exact) mass is 350 g/mol. The van der Waals surface area contributed by atoms with Gasteiger partial charge >= 0.3 is 6.01 Å². The number of aryl methyl sites for hydroxylation is 3. The number of nitrogens with zero attached hydrogens (tertiary/aromatic N) is 4. The van der Waals surface area contributed by atoms with Crippen LogP contribution in [0.4, 0.5) is 15.9 Å². The van der Waals surface area contributed by atoms with E-state index in [1.807, 2.05) is 63.2 Å². The van der Waals surface area contributed by atoms with E-state index in [0.717, 1.165) is 22.9 Å². The second-order valence-corrected chi connectivity index (χ2v) is 6.09. The molecule has 6 heteroatoms. The lowest BCUT2D eigenvalue weighted by Gasteiger charge is -2.05. The number of azo groups is 1. The van der Waals surface area contributed by atoms with Crippen LogP contribution in [0, 0.1) is 26.6 Å². The third-order valence-electron chi connectivity index (χ3n) is 3.81. The van der Waals surface area contributed by atoms with Crippen LogP contribution in [-0.4, -0.2) is 9.97 Å². The largest absolute Gasteiger partial charge is 0.459 e. The molecule has 0 saturated heterocycles. The summed E-state index contributed by atoms with van der Waals surface area (Å²) in [6, 6.07) is 13.8. The van der Waals surface area contributed by atoms with E-state index >= 15 is 0 Å². The molecule has 0 saturated carbocycles. The molecule has 0 spiro atoms. The van der Waals surface area contributed by atoms with Crippen LogP contribution in [0.2, 0.25) is 0 Å². The lowest BCUT2D eigenvalue weighted by Crippen LogP contribution is -2.00. The molecule has 2 aromatic carbocycles. The third-order valence-corrected chi connectivity index (χ3v) is 3.81. The number of benzene rings is 2. The molecular formula is C20H19FN4O. The minimum absolute atomic E-state index is 0.0573. The van der Waals surface area contributed by atoms with Gasteiger partial charge in [-0.3, -0.25) is 0 Å². The third kappa shape index (κ3) is 4.47. The topological polar surface area (TPSA) is 59.7 Å². The van der Waals surface area contributed by atoms with Crippen molar-refractivity contribution in [3.63, 3.8) is 0 Å². The van der Waals surface area contributed by atoms with E-state index < -0.39 is 5.82 Å². The molecule has 0 radical (unpaired) electrons. The van der Waals surface area contributed by atoms with Crippen LogP contribution in [0.25, 0.3) is 0 Å². The fourth-order valence-electron chi connectivity index (χ4n) is 2.24. The highest BCUT2D eigenvalue weighted by molar-refractivity contribution is 5.47. The fraction of sp³-hybridized carbons (Fsp3) is 0.200. The lowest BCUT2D eigenvalue weighted by atomic mass is 10.1. The van der Waals surface area contributed by atoms with E-state index in [-0.39, 0.29) is 11.8 Å². The van der Waals surface area contributed by atoms with E-state index in [1.54, 1.807) is 0 Å². The molecular weight excluding hydrogens is 331 g/mol. The van der Waals surface area contributed by atoms with Gasteiger partial charge in [-0.15, -0.1) is 10.2 Å². The average Bonchev–Trinajstić information content (AvgIpc) is 2.64. The molecule has 0 aliphatic carbocycles. The van der Waals surface area contributed by atoms with Gasteiger partial charge in [0.15, 0.2) is 5.82 Å². The highest BCUT2D eigenvalue weighted by atomic mass is 19.1. The van der Waals surface area contributed by atoms with Crippen LogP contribution in [0.15, 0.2) is 58.9 Å². The van der Waals surface area contributed by atoms with Gasteiger partial charge in [-0.05, 0) is 43.5 Å². The highest BCUT2D eigenvalue weighted by Crippen LogP contribution is 2.24. The molecule has 1 aromatic heterocycles. The van der Waals surface area contributed by atoms with Crippen LogP contribution in [-0.2, 0) is 6.61 Å². The van der Waals surface area contributed by atoms with E-state index in [4.69, 9.17) is 4.74 Å². The number of halogens is 1. The van der Waals surface area contributed by atoms with Crippen molar-refractivity contribution in [1.29, 1.82) is 0 Å². The first-order chi connectivity index (χ1) is 12.5. The molecule has 0 atom stereocenters. The minimum Gasteiger partial charge on any atom is -0.459 e. The smallest absolute Gasteiger partial charge is 0.318 e. The molecule has 0 unspecified atom stereocenters. The Labute approximate surface area is 151 Å². The maximum atomic E-state index is 13.9. The molecule has 5 nitrogen and oxygen atoms in total. The molecule has 0 fully saturated rings. The zero-order chi connectivity index (χ0) is 18.5. The van der Waals surface area contributed by atoms with E-state index in [9.17, 15) is 4.39 Å². The molecule has 1 heterocycles. The second kappa shape index (κ2) is 7.82. The molecule has 132 valence electrons. The Morgan fingerprint density at radius 3 is 2.46 bits per heavy atom. The molecule has 26 heavy (non-hydrogen) atoms. The summed E-state index contributed by atoms with van der Waals surface area (Å²) in [5.74, 6) is -0.804. The quantitative estimate of drug-likeness (QED) is 0.568. The van der Waals surface area contributed by atoms with Gasteiger partial charge in [-0.1, -0.05) is 42.0 Å². The lowest BCUT2D eigenvalue weighted by molar-refractivity contribution is 0.279. The number of hydrogen-bond acceptors (Lipinski definition) is 5. The molecule has 0 aliphatic heterocycles. The summed E-state index contributed by atoms with van der Waals surface area (Å²) in [4.78, 5) is 7.85. The first-order valence-electron chi connectivity index (χ1n) is 8.21. The van der Waals surface area contributed by atoms with Crippen molar-refractivity contribution in [2.45, 2.75) is 27.4 Å². The highest BCUT2D eigenvalue weighted by Gasteiger charge is 2.08. The zero-order valence-electron chi connectivity index (χ0n) is 14.9. The van der Waals surface area contributed by atoms with Crippen molar-refractivity contribution in [1.82, 2.24) is 9.97 Å². The van der Waals surface area contributed by atoms with Gasteiger partial charge in [-0.25, -0.2) is 9.37 Å². The van der Waals surface area contributed by atoms with Crippen molar-refractivity contribution in [3.05, 3.63) is 76.7 Å². The standard InChI is InChI=1S/C20H19FN4O/c1-13-5-8-16(9-6-13)12-26-20-22-11-17(21)19(23-20)25-24-18-10-14(2)4-7-15(18)3/h4-11H,12H2,1-3H3/b25-24+. The summed E-state index contributed by atoms with van der Waals surface area (Å²) >= 11 is 0. The van der Waals surface area contributed by atoms with Crippen LogP contribution in [0.3, 0.4) is 0 Å². The summed E-state index contributed by atoms with van der Waals surface area (Å²) < 4.78 is 19.5. The first-order valence-corrected chi connectivity index (χ1v) is 8.21. The Morgan fingerprint density at radius 1 is 0.962 bits per heavy atom. The van der Waals surface area contributed by atoms with E-state index in [2.05, 4.69) is 20.2 Å². The minimum atomic E-state index is -0.651. The van der Waals surface area contributed by atoms with Gasteiger partial charge in [0.25, 0.3) is 0 Å². The number of aromatic nitrogens is 2. The number of rotatable bonds is 5. The summed E-state index contributed by atoms with van der Waals surface area (Å²) in [5.41, 5.74) is 4.81. The van der Waals surface area contributed by atoms with Crippen molar-refractivity contribution >= 4 is 11.5 Å². The van der Waals surface area contributed by atoms with Crippen LogP contribution >= 0.6 is 0 Å². The average molecular weight is 350 g/mol. The van der Waals surface area contributed by atoms with Gasteiger partial charge in [0.1, 0.15) is 6.61 Å². The molecule has 3 rings (SSSR count). The van der Waals surface area contributed by atoms with E-state index in [0.29, 0.717) is 12.3 Å². The fourth-order valence-corrected chi connectivity index (χ4v) is 2.24. The molecule has 0 bridgehead atoms. The molecule has 3 aromatic rings. The summed E-state index contributed by atoms with van der Waals surface area (Å²) in [5, 5.41) is 8.03. The Hall–Kier alpha value is -3.15. The Bertz CT molecular complexity index is 939. The predicted molar refractivity (Wildman–Crippen MR) is 97.6 cm³/mol. The van der Waals surface area contributed by atoms with Crippen LogP contribution in [0.5, 0.6) is 6.01 Å². The Morgan fingerprint density at radius 2 is 1.69 bits per heavy atom. The normalized spacial score (nSPS) is 11.1. The second-order valence-electron chi connectivity index (χ2n) is 6.09. The predicted octanol–water partition coefficient (Wildman–Crippen LogP) is 5.54. The van der Waals surface area contributed by atoms with Gasteiger partial charge in [0.05, 0.1) is 11.9 Å². The number of hydrogen-bond donors (Lipinski definition) is 0. The van der Waals surface area contributed by atoms with Crippen molar-refractivity contribution in [2.75, 3.05) is 0 Å². The Kier molecular flexibility index (Phi) is 5.31. The summed E-state index contributed by atoms with van der Waals surface area (Å²) in [7, 11) is 0. The van der Waals surface area contributed by atoms with E-state index in [1.165, 1.54) is 5.56 Å². The van der Waals surface area contributed by atoms with Crippen LogP contribution in [0.1, 0.15) is 22.3 Å².